The minimum Gasteiger partial charge on any atom is -0.493 e. The summed E-state index contributed by atoms with van der Waals surface area (Å²) in [6, 6.07) is 6.56. The lowest BCUT2D eigenvalue weighted by atomic mass is 9.82. The molecule has 0 saturated heterocycles. The molecular weight excluding hydrogens is 306 g/mol. The first kappa shape index (κ1) is 20.3. The first-order valence-electron chi connectivity index (χ1n) is 8.55. The predicted octanol–water partition coefficient (Wildman–Crippen LogP) is 4.22. The molecule has 0 saturated carbocycles. The number of carbonyl (C=O) groups is 1. The number of nitrogens with one attached hydrogen (secondary N) is 1. The van der Waals surface area contributed by atoms with Crippen molar-refractivity contribution in [2.45, 2.75) is 59.6 Å². The van der Waals surface area contributed by atoms with Crippen LogP contribution in [0.5, 0.6) is 5.75 Å². The van der Waals surface area contributed by atoms with Gasteiger partial charge in [-0.3, -0.25) is 0 Å². The van der Waals surface area contributed by atoms with Crippen LogP contribution in [0.15, 0.2) is 24.3 Å². The number of carboxylic acid groups (broad SMARTS) is 1. The number of aliphatic hydroxyl groups excluding tert-OH is 1. The van der Waals surface area contributed by atoms with Gasteiger partial charge < -0.3 is 20.3 Å². The van der Waals surface area contributed by atoms with E-state index in [1.165, 1.54) is 0 Å². The van der Waals surface area contributed by atoms with Crippen molar-refractivity contribution < 1.29 is 19.7 Å². The minimum absolute atomic E-state index is 0.447. The average Bonchev–Trinajstić information content (AvgIpc) is 2.50. The molecule has 3 N–H and O–H groups in total. The van der Waals surface area contributed by atoms with Gasteiger partial charge in [-0.2, -0.15) is 0 Å². The van der Waals surface area contributed by atoms with Crippen molar-refractivity contribution in [3.63, 3.8) is 0 Å². The fraction of sp³-hybridized carbons (Fsp3) is 0.632. The number of benzene rings is 1. The number of hydrogen-bond donors (Lipinski definition) is 3. The number of rotatable bonds is 8. The molecular formula is C19H31NO4. The van der Waals surface area contributed by atoms with Crippen molar-refractivity contribution in [3.05, 3.63) is 29.8 Å². The van der Waals surface area contributed by atoms with E-state index < -0.39 is 23.7 Å². The monoisotopic (exact) mass is 337 g/mol. The molecule has 0 radical (unpaired) electrons. The largest absolute Gasteiger partial charge is 0.493 e. The molecule has 1 amide bonds. The number of aliphatic hydroxyl groups is 1. The van der Waals surface area contributed by atoms with Gasteiger partial charge in [0.25, 0.3) is 0 Å². The molecule has 0 spiro atoms. The highest BCUT2D eigenvalue weighted by Gasteiger charge is 2.32. The first-order valence-corrected chi connectivity index (χ1v) is 8.55. The van der Waals surface area contributed by atoms with Gasteiger partial charge in [-0.1, -0.05) is 53.2 Å². The molecule has 1 rings (SSSR count). The molecule has 0 aliphatic heterocycles. The summed E-state index contributed by atoms with van der Waals surface area (Å²) in [5, 5.41) is 22.0. The molecule has 2 unspecified atom stereocenters. The highest BCUT2D eigenvalue weighted by Crippen LogP contribution is 2.31. The Bertz CT molecular complexity index is 507. The maximum atomic E-state index is 11.1. The highest BCUT2D eigenvalue weighted by atomic mass is 16.5. The smallest absolute Gasteiger partial charge is 0.405 e. The molecule has 0 aliphatic carbocycles. The molecule has 0 aliphatic rings. The van der Waals surface area contributed by atoms with Crippen LogP contribution in [0.4, 0.5) is 4.79 Å². The normalized spacial score (nSPS) is 15.4. The SMILES string of the molecule is CCCC(C)COc1ccc([C@@H](NC(=O)O)C(O)C(C)(C)C)cc1. The lowest BCUT2D eigenvalue weighted by molar-refractivity contribution is 0.0288. The third kappa shape index (κ3) is 6.40. The third-order valence-electron chi connectivity index (χ3n) is 4.04. The molecule has 5 heteroatoms. The first-order chi connectivity index (χ1) is 11.1. The van der Waals surface area contributed by atoms with E-state index in [0.29, 0.717) is 18.1 Å². The topological polar surface area (TPSA) is 78.8 Å². The zero-order valence-corrected chi connectivity index (χ0v) is 15.4. The Kier molecular flexibility index (Phi) is 7.55. The Hall–Kier alpha value is -1.75. The summed E-state index contributed by atoms with van der Waals surface area (Å²) in [5.74, 6) is 1.25. The maximum Gasteiger partial charge on any atom is 0.405 e. The van der Waals surface area contributed by atoms with E-state index >= 15 is 0 Å². The van der Waals surface area contributed by atoms with Gasteiger partial charge >= 0.3 is 6.09 Å². The van der Waals surface area contributed by atoms with Gasteiger partial charge in [-0.05, 0) is 35.4 Å². The zero-order valence-electron chi connectivity index (χ0n) is 15.4. The Morgan fingerprint density at radius 3 is 2.29 bits per heavy atom. The summed E-state index contributed by atoms with van der Waals surface area (Å²) in [7, 11) is 0. The van der Waals surface area contributed by atoms with Crippen molar-refractivity contribution in [1.82, 2.24) is 5.32 Å². The van der Waals surface area contributed by atoms with Crippen molar-refractivity contribution >= 4 is 6.09 Å². The molecule has 1 aromatic carbocycles. The van der Waals surface area contributed by atoms with E-state index in [0.717, 1.165) is 18.6 Å². The molecule has 3 atom stereocenters. The van der Waals surface area contributed by atoms with E-state index in [2.05, 4.69) is 19.2 Å². The summed E-state index contributed by atoms with van der Waals surface area (Å²) < 4.78 is 5.76. The summed E-state index contributed by atoms with van der Waals surface area (Å²) >= 11 is 0. The third-order valence-corrected chi connectivity index (χ3v) is 4.04. The van der Waals surface area contributed by atoms with E-state index in [1.807, 2.05) is 32.9 Å². The van der Waals surface area contributed by atoms with Crippen LogP contribution in [0.25, 0.3) is 0 Å². The molecule has 0 heterocycles. The second-order valence-electron chi connectivity index (χ2n) is 7.51. The Labute approximate surface area is 145 Å². The number of ether oxygens (including phenoxy) is 1. The lowest BCUT2D eigenvalue weighted by Crippen LogP contribution is -2.42. The maximum absolute atomic E-state index is 11.1. The van der Waals surface area contributed by atoms with Crippen LogP contribution in [-0.4, -0.2) is 29.0 Å². The van der Waals surface area contributed by atoms with Crippen LogP contribution in [0.2, 0.25) is 0 Å². The molecule has 0 fully saturated rings. The lowest BCUT2D eigenvalue weighted by Gasteiger charge is -2.33. The molecule has 0 bridgehead atoms. The van der Waals surface area contributed by atoms with Crippen molar-refractivity contribution in [3.8, 4) is 5.75 Å². The number of hydrogen-bond acceptors (Lipinski definition) is 3. The highest BCUT2D eigenvalue weighted by molar-refractivity contribution is 5.65. The van der Waals surface area contributed by atoms with Gasteiger partial charge in [0.15, 0.2) is 0 Å². The summed E-state index contributed by atoms with van der Waals surface area (Å²) in [5.41, 5.74) is 0.270. The van der Waals surface area contributed by atoms with E-state index in [4.69, 9.17) is 9.84 Å². The van der Waals surface area contributed by atoms with Crippen molar-refractivity contribution in [2.24, 2.45) is 11.3 Å². The minimum atomic E-state index is -1.16. The second-order valence-corrected chi connectivity index (χ2v) is 7.51. The predicted molar refractivity (Wildman–Crippen MR) is 95.4 cm³/mol. The summed E-state index contributed by atoms with van der Waals surface area (Å²) in [4.78, 5) is 11.1. The summed E-state index contributed by atoms with van der Waals surface area (Å²) in [6.45, 7) is 10.6. The molecule has 136 valence electrons. The van der Waals surface area contributed by atoms with Gasteiger partial charge in [0.2, 0.25) is 0 Å². The van der Waals surface area contributed by atoms with E-state index in [-0.39, 0.29) is 0 Å². The second kappa shape index (κ2) is 8.92. The van der Waals surface area contributed by atoms with Gasteiger partial charge in [0, 0.05) is 0 Å². The van der Waals surface area contributed by atoms with Crippen LogP contribution in [0.3, 0.4) is 0 Å². The van der Waals surface area contributed by atoms with Crippen LogP contribution in [0.1, 0.15) is 59.1 Å². The number of amides is 1. The standard InChI is InChI=1S/C19H31NO4/c1-6-7-13(2)12-24-15-10-8-14(9-11-15)16(20-18(22)23)17(21)19(3,4)5/h8-11,13,16-17,20-21H,6-7,12H2,1-5H3,(H,22,23)/t13?,16-,17?/m1/s1. The van der Waals surface area contributed by atoms with Crippen LogP contribution < -0.4 is 10.1 Å². The Morgan fingerprint density at radius 1 is 1.25 bits per heavy atom. The van der Waals surface area contributed by atoms with Crippen molar-refractivity contribution in [2.75, 3.05) is 6.61 Å². The van der Waals surface area contributed by atoms with Gasteiger partial charge in [0.1, 0.15) is 5.75 Å². The molecule has 5 nitrogen and oxygen atoms in total. The van der Waals surface area contributed by atoms with Crippen LogP contribution in [-0.2, 0) is 0 Å². The van der Waals surface area contributed by atoms with Gasteiger partial charge in [-0.25, -0.2) is 4.79 Å². The van der Waals surface area contributed by atoms with Gasteiger partial charge in [-0.15, -0.1) is 0 Å². The molecule has 1 aromatic rings. The zero-order chi connectivity index (χ0) is 18.3. The Balaban J connectivity index is 2.83. The van der Waals surface area contributed by atoms with E-state index in [9.17, 15) is 9.90 Å². The fourth-order valence-electron chi connectivity index (χ4n) is 2.56. The van der Waals surface area contributed by atoms with Gasteiger partial charge in [0.05, 0.1) is 18.8 Å². The fourth-order valence-corrected chi connectivity index (χ4v) is 2.56. The molecule has 0 aromatic heterocycles. The quantitative estimate of drug-likeness (QED) is 0.664. The van der Waals surface area contributed by atoms with Crippen LogP contribution >= 0.6 is 0 Å². The average molecular weight is 337 g/mol. The van der Waals surface area contributed by atoms with Crippen LogP contribution in [0, 0.1) is 11.3 Å². The summed E-state index contributed by atoms with van der Waals surface area (Å²) in [6.07, 6.45) is 0.263. The van der Waals surface area contributed by atoms with E-state index in [1.54, 1.807) is 12.1 Å². The van der Waals surface area contributed by atoms with Crippen molar-refractivity contribution in [1.29, 1.82) is 0 Å². The molecule has 24 heavy (non-hydrogen) atoms. The Morgan fingerprint density at radius 2 is 1.83 bits per heavy atom.